The van der Waals surface area contributed by atoms with E-state index in [0.29, 0.717) is 12.1 Å². The second kappa shape index (κ2) is 9.04. The number of rotatable bonds is 5. The molecule has 0 aliphatic carbocycles. The summed E-state index contributed by atoms with van der Waals surface area (Å²) in [6.45, 7) is 0.645. The Bertz CT molecular complexity index is 1060. The third-order valence-corrected chi connectivity index (χ3v) is 5.68. The smallest absolute Gasteiger partial charge is 0.254 e. The highest BCUT2D eigenvalue weighted by molar-refractivity contribution is 6.03. The van der Waals surface area contributed by atoms with E-state index in [2.05, 4.69) is 11.4 Å². The van der Waals surface area contributed by atoms with Gasteiger partial charge in [0, 0.05) is 37.6 Å². The minimum atomic E-state index is -0.756. The summed E-state index contributed by atoms with van der Waals surface area (Å²) in [4.78, 5) is 30.5. The molecule has 3 aromatic carbocycles. The zero-order valence-electron chi connectivity index (χ0n) is 17.9. The highest BCUT2D eigenvalue weighted by atomic mass is 16.2. The molecule has 0 saturated carbocycles. The van der Waals surface area contributed by atoms with Crippen molar-refractivity contribution in [3.8, 4) is 0 Å². The van der Waals surface area contributed by atoms with E-state index >= 15 is 0 Å². The number of carbonyl (C=O) groups excluding carboxylic acids is 2. The van der Waals surface area contributed by atoms with Crippen molar-refractivity contribution in [3.05, 3.63) is 95.6 Å². The Morgan fingerprint density at radius 3 is 2.29 bits per heavy atom. The van der Waals surface area contributed by atoms with Crippen molar-refractivity contribution in [2.24, 2.45) is 0 Å². The van der Waals surface area contributed by atoms with Crippen LogP contribution in [0.5, 0.6) is 0 Å². The van der Waals surface area contributed by atoms with Crippen molar-refractivity contribution in [2.75, 3.05) is 30.4 Å². The molecule has 158 valence electrons. The summed E-state index contributed by atoms with van der Waals surface area (Å²) in [5.41, 5.74) is 4.41. The van der Waals surface area contributed by atoms with E-state index < -0.39 is 6.04 Å². The second-order valence-corrected chi connectivity index (χ2v) is 7.98. The van der Waals surface area contributed by atoms with Crippen LogP contribution in [0.3, 0.4) is 0 Å². The molecule has 4 rings (SSSR count). The maximum Gasteiger partial charge on any atom is 0.254 e. The number of hydrogen-bond donors (Lipinski definition) is 1. The van der Waals surface area contributed by atoms with Crippen LogP contribution in [0.15, 0.2) is 78.9 Å². The predicted molar refractivity (Wildman–Crippen MR) is 125 cm³/mol. The van der Waals surface area contributed by atoms with Crippen molar-refractivity contribution in [3.63, 3.8) is 0 Å². The minimum absolute atomic E-state index is 0.114. The van der Waals surface area contributed by atoms with Crippen molar-refractivity contribution in [1.82, 2.24) is 5.32 Å². The lowest BCUT2D eigenvalue weighted by atomic mass is 9.99. The Kier molecular flexibility index (Phi) is 6.03. The van der Waals surface area contributed by atoms with Crippen LogP contribution in [0.1, 0.15) is 33.9 Å². The largest absolute Gasteiger partial charge is 0.378 e. The molecule has 5 nitrogen and oxygen atoms in total. The monoisotopic (exact) mass is 413 g/mol. The van der Waals surface area contributed by atoms with E-state index in [-0.39, 0.29) is 11.8 Å². The third-order valence-electron chi connectivity index (χ3n) is 5.68. The molecule has 1 heterocycles. The number of carbonyl (C=O) groups is 2. The average molecular weight is 414 g/mol. The zero-order valence-corrected chi connectivity index (χ0v) is 17.9. The van der Waals surface area contributed by atoms with Crippen molar-refractivity contribution in [1.29, 1.82) is 0 Å². The summed E-state index contributed by atoms with van der Waals surface area (Å²) in [5, 5.41) is 2.98. The quantitative estimate of drug-likeness (QED) is 0.682. The molecule has 31 heavy (non-hydrogen) atoms. The van der Waals surface area contributed by atoms with Gasteiger partial charge in [-0.25, -0.2) is 0 Å². The lowest BCUT2D eigenvalue weighted by molar-refractivity contribution is -0.120. The SMILES string of the molecule is CN(C)c1ccc(C(=O)N[C@H](C(=O)N2CCCc3ccccc32)c2ccccc2)cc1. The Morgan fingerprint density at radius 2 is 1.58 bits per heavy atom. The van der Waals surface area contributed by atoms with Crippen LogP contribution in [-0.4, -0.2) is 32.5 Å². The van der Waals surface area contributed by atoms with Crippen LogP contribution in [0.2, 0.25) is 0 Å². The third kappa shape index (κ3) is 4.45. The molecule has 0 unspecified atom stereocenters. The molecule has 5 heteroatoms. The zero-order chi connectivity index (χ0) is 21.8. The Balaban J connectivity index is 1.63. The summed E-state index contributed by atoms with van der Waals surface area (Å²) < 4.78 is 0. The normalized spacial score (nSPS) is 13.8. The highest BCUT2D eigenvalue weighted by Crippen LogP contribution is 2.29. The van der Waals surface area contributed by atoms with E-state index in [1.165, 1.54) is 5.56 Å². The van der Waals surface area contributed by atoms with Gasteiger partial charge in [-0.2, -0.15) is 0 Å². The van der Waals surface area contributed by atoms with Crippen LogP contribution in [0.25, 0.3) is 0 Å². The maximum absolute atomic E-state index is 13.7. The van der Waals surface area contributed by atoms with Gasteiger partial charge in [-0.15, -0.1) is 0 Å². The lowest BCUT2D eigenvalue weighted by Gasteiger charge is -2.32. The molecule has 1 atom stereocenters. The Morgan fingerprint density at radius 1 is 0.903 bits per heavy atom. The van der Waals surface area contributed by atoms with Gasteiger partial charge in [0.25, 0.3) is 11.8 Å². The molecule has 0 saturated heterocycles. The molecule has 2 amide bonds. The van der Waals surface area contributed by atoms with Gasteiger partial charge in [0.2, 0.25) is 0 Å². The summed E-state index contributed by atoms with van der Waals surface area (Å²) in [7, 11) is 3.91. The summed E-state index contributed by atoms with van der Waals surface area (Å²) in [5.74, 6) is -0.380. The summed E-state index contributed by atoms with van der Waals surface area (Å²) >= 11 is 0. The van der Waals surface area contributed by atoms with Crippen molar-refractivity contribution >= 4 is 23.2 Å². The molecule has 1 aliphatic heterocycles. The van der Waals surface area contributed by atoms with Crippen LogP contribution in [0.4, 0.5) is 11.4 Å². The maximum atomic E-state index is 13.7. The number of aryl methyl sites for hydroxylation is 1. The van der Waals surface area contributed by atoms with Gasteiger partial charge in [-0.1, -0.05) is 48.5 Å². The minimum Gasteiger partial charge on any atom is -0.378 e. The number of nitrogens with one attached hydrogen (secondary N) is 1. The van der Waals surface area contributed by atoms with Gasteiger partial charge in [0.05, 0.1) is 0 Å². The van der Waals surface area contributed by atoms with Crippen molar-refractivity contribution < 1.29 is 9.59 Å². The predicted octanol–water partition coefficient (Wildman–Crippen LogP) is 4.20. The fourth-order valence-electron chi connectivity index (χ4n) is 3.98. The average Bonchev–Trinajstić information content (AvgIpc) is 2.82. The fourth-order valence-corrected chi connectivity index (χ4v) is 3.98. The first-order valence-corrected chi connectivity index (χ1v) is 10.6. The molecule has 0 aromatic heterocycles. The van der Waals surface area contributed by atoms with Gasteiger partial charge in [0.15, 0.2) is 0 Å². The first-order valence-electron chi connectivity index (χ1n) is 10.6. The van der Waals surface area contributed by atoms with Gasteiger partial charge in [0.1, 0.15) is 6.04 Å². The second-order valence-electron chi connectivity index (χ2n) is 7.98. The van der Waals surface area contributed by atoms with Crippen LogP contribution in [-0.2, 0) is 11.2 Å². The van der Waals surface area contributed by atoms with Crippen LogP contribution >= 0.6 is 0 Å². The number of amides is 2. The highest BCUT2D eigenvalue weighted by Gasteiger charge is 2.31. The fraction of sp³-hybridized carbons (Fsp3) is 0.231. The summed E-state index contributed by atoms with van der Waals surface area (Å²) in [6.07, 6.45) is 1.87. The molecule has 0 radical (unpaired) electrons. The van der Waals surface area contributed by atoms with Crippen molar-refractivity contribution in [2.45, 2.75) is 18.9 Å². The van der Waals surface area contributed by atoms with E-state index in [1.807, 2.05) is 84.6 Å². The van der Waals surface area contributed by atoms with E-state index in [4.69, 9.17) is 0 Å². The first kappa shape index (κ1) is 20.7. The summed E-state index contributed by atoms with van der Waals surface area (Å²) in [6, 6.07) is 24.1. The number of para-hydroxylation sites is 1. The Hall–Kier alpha value is -3.60. The molecule has 0 fully saturated rings. The number of hydrogen-bond acceptors (Lipinski definition) is 3. The standard InChI is InChI=1S/C26H27N3O2/c1-28(2)22-16-14-21(15-17-22)25(30)27-24(20-10-4-3-5-11-20)26(31)29-18-8-12-19-9-6-7-13-23(19)29/h3-7,9-11,13-17,24H,8,12,18H2,1-2H3,(H,27,30)/t24-/m0/s1. The number of nitrogens with zero attached hydrogens (tertiary/aromatic N) is 2. The number of fused-ring (bicyclic) bond motifs is 1. The van der Waals surface area contributed by atoms with Gasteiger partial charge >= 0.3 is 0 Å². The first-order chi connectivity index (χ1) is 15.0. The molecule has 1 aliphatic rings. The molecule has 1 N–H and O–H groups in total. The van der Waals surface area contributed by atoms with Gasteiger partial charge < -0.3 is 15.1 Å². The van der Waals surface area contributed by atoms with Gasteiger partial charge in [-0.05, 0) is 54.3 Å². The number of benzene rings is 3. The number of anilines is 2. The van der Waals surface area contributed by atoms with E-state index in [9.17, 15) is 9.59 Å². The topological polar surface area (TPSA) is 52.7 Å². The molecular weight excluding hydrogens is 386 g/mol. The molecular formula is C26H27N3O2. The van der Waals surface area contributed by atoms with E-state index in [1.54, 1.807) is 12.1 Å². The van der Waals surface area contributed by atoms with Gasteiger partial charge in [-0.3, -0.25) is 9.59 Å². The lowest BCUT2D eigenvalue weighted by Crippen LogP contribution is -2.45. The Labute approximate surface area is 183 Å². The van der Waals surface area contributed by atoms with Crippen LogP contribution < -0.4 is 15.1 Å². The molecule has 0 bridgehead atoms. The molecule has 3 aromatic rings. The van der Waals surface area contributed by atoms with E-state index in [0.717, 1.165) is 29.8 Å². The van der Waals surface area contributed by atoms with Crippen LogP contribution in [0, 0.1) is 0 Å². The molecule has 0 spiro atoms.